The number of carbonyl (C=O) groups is 2. The molecule has 7 nitrogen and oxygen atoms in total. The lowest BCUT2D eigenvalue weighted by Crippen LogP contribution is -2.23. The molecule has 0 fully saturated rings. The van der Waals surface area contributed by atoms with Crippen LogP contribution >= 0.6 is 0 Å². The Hall–Kier alpha value is -3.74. The van der Waals surface area contributed by atoms with Crippen molar-refractivity contribution in [2.45, 2.75) is 13.5 Å². The Balaban J connectivity index is 1.71. The first kappa shape index (κ1) is 19.0. The van der Waals surface area contributed by atoms with Crippen molar-refractivity contribution in [3.05, 3.63) is 83.4 Å². The lowest BCUT2D eigenvalue weighted by molar-refractivity contribution is 0.0950. The first-order valence-corrected chi connectivity index (χ1v) is 8.65. The van der Waals surface area contributed by atoms with E-state index in [0.717, 1.165) is 11.1 Å². The molecule has 3 aromatic rings. The average Bonchev–Trinajstić information content (AvgIpc) is 2.73. The van der Waals surface area contributed by atoms with Crippen LogP contribution in [0.5, 0.6) is 5.75 Å². The molecule has 0 aliphatic rings. The van der Waals surface area contributed by atoms with Gasteiger partial charge in [0.25, 0.3) is 11.8 Å². The second-order valence-electron chi connectivity index (χ2n) is 6.16. The normalized spacial score (nSPS) is 10.2. The fourth-order valence-corrected chi connectivity index (χ4v) is 2.59. The van der Waals surface area contributed by atoms with E-state index in [1.54, 1.807) is 18.5 Å². The molecular weight excluding hydrogens is 356 g/mol. The molecule has 0 unspecified atom stereocenters. The number of rotatable bonds is 6. The zero-order valence-corrected chi connectivity index (χ0v) is 15.6. The molecule has 0 aliphatic carbocycles. The molecule has 2 amide bonds. The van der Waals surface area contributed by atoms with Gasteiger partial charge in [-0.1, -0.05) is 6.07 Å². The maximum absolute atomic E-state index is 12.6. The molecule has 7 heteroatoms. The van der Waals surface area contributed by atoms with Crippen LogP contribution in [0, 0.1) is 6.92 Å². The maximum Gasteiger partial charge on any atom is 0.257 e. The van der Waals surface area contributed by atoms with E-state index in [-0.39, 0.29) is 17.4 Å². The van der Waals surface area contributed by atoms with Crippen molar-refractivity contribution in [1.82, 2.24) is 15.3 Å². The summed E-state index contributed by atoms with van der Waals surface area (Å²) in [7, 11) is 1.54. The highest BCUT2D eigenvalue weighted by Gasteiger charge is 2.13. The van der Waals surface area contributed by atoms with Crippen molar-refractivity contribution in [3.8, 4) is 5.75 Å². The fourth-order valence-electron chi connectivity index (χ4n) is 2.59. The van der Waals surface area contributed by atoms with E-state index in [0.29, 0.717) is 23.5 Å². The number of aryl methyl sites for hydroxylation is 1. The quantitative estimate of drug-likeness (QED) is 0.690. The summed E-state index contributed by atoms with van der Waals surface area (Å²) in [5.74, 6) is -0.134. The van der Waals surface area contributed by atoms with E-state index in [2.05, 4.69) is 20.6 Å². The van der Waals surface area contributed by atoms with Gasteiger partial charge in [0.1, 0.15) is 5.75 Å². The number of hydrogen-bond donors (Lipinski definition) is 2. The summed E-state index contributed by atoms with van der Waals surface area (Å²) in [6.07, 6.45) is 6.16. The van der Waals surface area contributed by atoms with Crippen LogP contribution in [0.1, 0.15) is 31.8 Å². The molecule has 2 heterocycles. The molecule has 0 spiro atoms. The maximum atomic E-state index is 12.6. The lowest BCUT2D eigenvalue weighted by atomic mass is 10.1. The van der Waals surface area contributed by atoms with Gasteiger partial charge in [-0.05, 0) is 48.4 Å². The van der Waals surface area contributed by atoms with Gasteiger partial charge < -0.3 is 15.4 Å². The molecule has 2 aromatic heterocycles. The van der Waals surface area contributed by atoms with Crippen LogP contribution in [0.15, 0.2) is 61.2 Å². The predicted molar refractivity (Wildman–Crippen MR) is 105 cm³/mol. The van der Waals surface area contributed by atoms with Crippen molar-refractivity contribution in [1.29, 1.82) is 0 Å². The standard InChI is InChI=1S/C21H20N4O3/c1-14-3-4-19(28-2)18(9-14)25-21(27)17-10-16(12-23-13-17)20(26)24-11-15-5-7-22-8-6-15/h3-10,12-13H,11H2,1-2H3,(H,24,26)(H,25,27). The third-order valence-corrected chi connectivity index (χ3v) is 4.07. The van der Waals surface area contributed by atoms with Crippen molar-refractivity contribution in [3.63, 3.8) is 0 Å². The summed E-state index contributed by atoms with van der Waals surface area (Å²) < 4.78 is 5.27. The lowest BCUT2D eigenvalue weighted by Gasteiger charge is -2.11. The zero-order chi connectivity index (χ0) is 19.9. The molecule has 1 aromatic carbocycles. The number of aromatic nitrogens is 2. The van der Waals surface area contributed by atoms with Crippen LogP contribution in [0.4, 0.5) is 5.69 Å². The molecular formula is C21H20N4O3. The average molecular weight is 376 g/mol. The highest BCUT2D eigenvalue weighted by molar-refractivity contribution is 6.06. The van der Waals surface area contributed by atoms with E-state index in [1.165, 1.54) is 25.6 Å². The number of ether oxygens (including phenoxy) is 1. The highest BCUT2D eigenvalue weighted by atomic mass is 16.5. The number of methoxy groups -OCH3 is 1. The van der Waals surface area contributed by atoms with Crippen molar-refractivity contribution in [2.24, 2.45) is 0 Å². The van der Waals surface area contributed by atoms with Gasteiger partial charge in [0.15, 0.2) is 0 Å². The predicted octanol–water partition coefficient (Wildman–Crippen LogP) is 2.98. The summed E-state index contributed by atoms with van der Waals surface area (Å²) >= 11 is 0. The van der Waals surface area contributed by atoms with Crippen molar-refractivity contribution in [2.75, 3.05) is 12.4 Å². The highest BCUT2D eigenvalue weighted by Crippen LogP contribution is 2.25. The molecule has 0 atom stereocenters. The SMILES string of the molecule is COc1ccc(C)cc1NC(=O)c1cncc(C(=O)NCc2ccncc2)c1. The number of nitrogens with one attached hydrogen (secondary N) is 2. The molecule has 0 aliphatic heterocycles. The Morgan fingerprint density at radius 2 is 1.68 bits per heavy atom. The van der Waals surface area contributed by atoms with E-state index in [1.807, 2.05) is 31.2 Å². The first-order valence-electron chi connectivity index (χ1n) is 8.65. The molecule has 3 rings (SSSR count). The van der Waals surface area contributed by atoms with Gasteiger partial charge in [-0.2, -0.15) is 0 Å². The van der Waals surface area contributed by atoms with E-state index in [9.17, 15) is 9.59 Å². The van der Waals surface area contributed by atoms with Crippen LogP contribution < -0.4 is 15.4 Å². The molecule has 0 bridgehead atoms. The van der Waals surface area contributed by atoms with Gasteiger partial charge >= 0.3 is 0 Å². The second-order valence-corrected chi connectivity index (χ2v) is 6.16. The van der Waals surface area contributed by atoms with Crippen LogP contribution in [0.3, 0.4) is 0 Å². The molecule has 142 valence electrons. The Morgan fingerprint density at radius 1 is 0.964 bits per heavy atom. The number of hydrogen-bond acceptors (Lipinski definition) is 5. The number of benzene rings is 1. The van der Waals surface area contributed by atoms with Gasteiger partial charge in [0, 0.05) is 31.3 Å². The minimum Gasteiger partial charge on any atom is -0.495 e. The topological polar surface area (TPSA) is 93.2 Å². The van der Waals surface area contributed by atoms with Crippen molar-refractivity contribution >= 4 is 17.5 Å². The Labute approximate surface area is 162 Å². The Bertz CT molecular complexity index is 990. The summed E-state index contributed by atoms with van der Waals surface area (Å²) in [5.41, 5.74) is 3.05. The first-order chi connectivity index (χ1) is 13.6. The van der Waals surface area contributed by atoms with Crippen LogP contribution in [0.2, 0.25) is 0 Å². The van der Waals surface area contributed by atoms with E-state index in [4.69, 9.17) is 4.74 Å². The molecule has 0 radical (unpaired) electrons. The molecule has 2 N–H and O–H groups in total. The number of amides is 2. The number of carbonyl (C=O) groups excluding carboxylic acids is 2. The molecule has 28 heavy (non-hydrogen) atoms. The van der Waals surface area contributed by atoms with Crippen molar-refractivity contribution < 1.29 is 14.3 Å². The number of pyridine rings is 2. The van der Waals surface area contributed by atoms with Crippen LogP contribution in [-0.4, -0.2) is 28.9 Å². The minimum absolute atomic E-state index is 0.278. The van der Waals surface area contributed by atoms with Crippen LogP contribution in [0.25, 0.3) is 0 Å². The summed E-state index contributed by atoms with van der Waals surface area (Å²) in [6.45, 7) is 2.28. The van der Waals surface area contributed by atoms with Gasteiger partial charge in [-0.3, -0.25) is 19.6 Å². The zero-order valence-electron chi connectivity index (χ0n) is 15.6. The third kappa shape index (κ3) is 4.70. The molecule has 0 saturated heterocycles. The van der Waals surface area contributed by atoms with Gasteiger partial charge in [-0.25, -0.2) is 0 Å². The number of nitrogens with zero attached hydrogens (tertiary/aromatic N) is 2. The summed E-state index contributed by atoms with van der Waals surface area (Å²) in [6, 6.07) is 10.6. The van der Waals surface area contributed by atoms with Gasteiger partial charge in [0.2, 0.25) is 0 Å². The molecule has 0 saturated carbocycles. The van der Waals surface area contributed by atoms with E-state index < -0.39 is 0 Å². The fraction of sp³-hybridized carbons (Fsp3) is 0.143. The summed E-state index contributed by atoms with van der Waals surface area (Å²) in [5, 5.41) is 5.60. The van der Waals surface area contributed by atoms with Gasteiger partial charge in [0.05, 0.1) is 23.9 Å². The number of anilines is 1. The Morgan fingerprint density at radius 3 is 2.39 bits per heavy atom. The summed E-state index contributed by atoms with van der Waals surface area (Å²) in [4.78, 5) is 32.9. The third-order valence-electron chi connectivity index (χ3n) is 4.07. The van der Waals surface area contributed by atoms with Gasteiger partial charge in [-0.15, -0.1) is 0 Å². The second kappa shape index (κ2) is 8.77. The van der Waals surface area contributed by atoms with E-state index >= 15 is 0 Å². The monoisotopic (exact) mass is 376 g/mol. The largest absolute Gasteiger partial charge is 0.495 e. The minimum atomic E-state index is -0.375. The smallest absolute Gasteiger partial charge is 0.257 e. The Kier molecular flexibility index (Phi) is 5.96. The van der Waals surface area contributed by atoms with Crippen LogP contribution in [-0.2, 0) is 6.54 Å².